The summed E-state index contributed by atoms with van der Waals surface area (Å²) < 4.78 is 5.33. The van der Waals surface area contributed by atoms with Gasteiger partial charge in [-0.15, -0.1) is 0 Å². The fourth-order valence-corrected chi connectivity index (χ4v) is 1.86. The summed E-state index contributed by atoms with van der Waals surface area (Å²) in [5.74, 6) is 0. The molecule has 2 rings (SSSR count). The number of rotatable bonds is 3. The molecule has 2 heteroatoms. The third-order valence-corrected chi connectivity index (χ3v) is 2.71. The van der Waals surface area contributed by atoms with Gasteiger partial charge in [0, 0.05) is 18.7 Å². The molecule has 1 N–H and O–H groups in total. The molecule has 1 unspecified atom stereocenters. The minimum absolute atomic E-state index is 0.419. The van der Waals surface area contributed by atoms with Gasteiger partial charge in [0.2, 0.25) is 0 Å². The lowest BCUT2D eigenvalue weighted by molar-refractivity contribution is 0.188. The molecule has 0 amide bonds. The van der Waals surface area contributed by atoms with Gasteiger partial charge in [0.05, 0.1) is 6.61 Å². The maximum absolute atomic E-state index is 5.33. The molecule has 0 saturated carbocycles. The molecular weight excluding hydrogens is 174 g/mol. The summed E-state index contributed by atoms with van der Waals surface area (Å²) in [7, 11) is 0. The number of hydrogen-bond donors (Lipinski definition) is 1. The fourth-order valence-electron chi connectivity index (χ4n) is 1.86. The Morgan fingerprint density at radius 3 is 2.79 bits per heavy atom. The molecular formula is C12H17NO. The normalized spacial score (nSPS) is 23.6. The molecule has 0 aromatic heterocycles. The molecule has 0 bridgehead atoms. The van der Waals surface area contributed by atoms with E-state index in [1.807, 2.05) is 0 Å². The second-order valence-electron chi connectivity index (χ2n) is 3.86. The Kier molecular flexibility index (Phi) is 3.17. The van der Waals surface area contributed by atoms with Gasteiger partial charge >= 0.3 is 0 Å². The van der Waals surface area contributed by atoms with E-state index in [0.717, 1.165) is 19.6 Å². The lowest BCUT2D eigenvalue weighted by atomic mass is 10.1. The summed E-state index contributed by atoms with van der Waals surface area (Å²) >= 11 is 0. The molecule has 1 aliphatic heterocycles. The highest BCUT2D eigenvalue weighted by atomic mass is 16.5. The van der Waals surface area contributed by atoms with E-state index < -0.39 is 0 Å². The Morgan fingerprint density at radius 1 is 1.36 bits per heavy atom. The van der Waals surface area contributed by atoms with E-state index in [0.29, 0.717) is 12.1 Å². The number of benzene rings is 1. The van der Waals surface area contributed by atoms with E-state index in [1.54, 1.807) is 0 Å². The molecule has 2 nitrogen and oxygen atoms in total. The van der Waals surface area contributed by atoms with E-state index >= 15 is 0 Å². The van der Waals surface area contributed by atoms with Crippen LogP contribution in [0.1, 0.15) is 24.9 Å². The van der Waals surface area contributed by atoms with Gasteiger partial charge in [-0.25, -0.2) is 0 Å². The van der Waals surface area contributed by atoms with Crippen LogP contribution in [0.5, 0.6) is 0 Å². The minimum Gasteiger partial charge on any atom is -0.380 e. The van der Waals surface area contributed by atoms with E-state index in [2.05, 4.69) is 42.6 Å². The molecule has 1 aromatic rings. The average molecular weight is 191 g/mol. The monoisotopic (exact) mass is 191 g/mol. The zero-order valence-corrected chi connectivity index (χ0v) is 8.57. The summed E-state index contributed by atoms with van der Waals surface area (Å²) in [4.78, 5) is 0. The first-order valence-corrected chi connectivity index (χ1v) is 5.25. The van der Waals surface area contributed by atoms with Gasteiger partial charge in [0.25, 0.3) is 0 Å². The molecule has 1 saturated heterocycles. The number of ether oxygens (including phenoxy) is 1. The van der Waals surface area contributed by atoms with Crippen LogP contribution < -0.4 is 5.32 Å². The maximum atomic E-state index is 5.33. The van der Waals surface area contributed by atoms with Gasteiger partial charge in [-0.3, -0.25) is 0 Å². The number of nitrogens with one attached hydrogen (secondary N) is 1. The van der Waals surface area contributed by atoms with Crippen LogP contribution in [0.15, 0.2) is 30.3 Å². The van der Waals surface area contributed by atoms with Crippen LogP contribution in [0, 0.1) is 0 Å². The smallest absolute Gasteiger partial charge is 0.0620 e. The highest BCUT2D eigenvalue weighted by Gasteiger charge is 2.17. The first kappa shape index (κ1) is 9.69. The molecule has 1 aromatic carbocycles. The van der Waals surface area contributed by atoms with Gasteiger partial charge < -0.3 is 10.1 Å². The van der Waals surface area contributed by atoms with Gasteiger partial charge in [0.1, 0.15) is 0 Å². The molecule has 14 heavy (non-hydrogen) atoms. The number of hydrogen-bond acceptors (Lipinski definition) is 2. The first-order valence-electron chi connectivity index (χ1n) is 5.25. The van der Waals surface area contributed by atoms with Crippen molar-refractivity contribution in [3.63, 3.8) is 0 Å². The third kappa shape index (κ3) is 2.34. The largest absolute Gasteiger partial charge is 0.380 e. The van der Waals surface area contributed by atoms with Gasteiger partial charge in [-0.2, -0.15) is 0 Å². The molecule has 76 valence electrons. The lowest BCUT2D eigenvalue weighted by Gasteiger charge is -2.18. The zero-order chi connectivity index (χ0) is 9.80. The van der Waals surface area contributed by atoms with Crippen LogP contribution in [-0.2, 0) is 4.74 Å². The summed E-state index contributed by atoms with van der Waals surface area (Å²) in [5.41, 5.74) is 1.35. The van der Waals surface area contributed by atoms with Crippen LogP contribution in [0.4, 0.5) is 0 Å². The summed E-state index contributed by atoms with van der Waals surface area (Å²) in [6, 6.07) is 11.5. The fraction of sp³-hybridized carbons (Fsp3) is 0.500. The van der Waals surface area contributed by atoms with Gasteiger partial charge in [-0.05, 0) is 18.9 Å². The van der Waals surface area contributed by atoms with E-state index in [9.17, 15) is 0 Å². The van der Waals surface area contributed by atoms with E-state index in [1.165, 1.54) is 5.56 Å². The third-order valence-electron chi connectivity index (χ3n) is 2.71. The second-order valence-corrected chi connectivity index (χ2v) is 3.86. The summed E-state index contributed by atoms with van der Waals surface area (Å²) in [6.07, 6.45) is 1.14. The van der Waals surface area contributed by atoms with Crippen molar-refractivity contribution in [2.24, 2.45) is 0 Å². The van der Waals surface area contributed by atoms with Crippen molar-refractivity contribution in [1.29, 1.82) is 0 Å². The lowest BCUT2D eigenvalue weighted by Crippen LogP contribution is -2.31. The Morgan fingerprint density at radius 2 is 2.14 bits per heavy atom. The summed E-state index contributed by atoms with van der Waals surface area (Å²) in [5, 5.41) is 3.57. The van der Waals surface area contributed by atoms with E-state index in [4.69, 9.17) is 4.74 Å². The van der Waals surface area contributed by atoms with Crippen LogP contribution in [0.3, 0.4) is 0 Å². The molecule has 1 heterocycles. The van der Waals surface area contributed by atoms with Gasteiger partial charge in [0.15, 0.2) is 0 Å². The Labute approximate surface area is 85.3 Å². The molecule has 0 radical (unpaired) electrons. The Bertz CT molecular complexity index is 267. The topological polar surface area (TPSA) is 21.3 Å². The predicted octanol–water partition coefficient (Wildman–Crippen LogP) is 2.13. The van der Waals surface area contributed by atoms with E-state index in [-0.39, 0.29) is 0 Å². The van der Waals surface area contributed by atoms with Crippen molar-refractivity contribution in [2.45, 2.75) is 25.4 Å². The van der Waals surface area contributed by atoms with Crippen molar-refractivity contribution in [1.82, 2.24) is 5.32 Å². The summed E-state index contributed by atoms with van der Waals surface area (Å²) in [6.45, 7) is 3.96. The minimum atomic E-state index is 0.419. The van der Waals surface area contributed by atoms with Gasteiger partial charge in [-0.1, -0.05) is 30.3 Å². The quantitative estimate of drug-likeness (QED) is 0.790. The molecule has 1 aliphatic rings. The van der Waals surface area contributed by atoms with Crippen molar-refractivity contribution < 1.29 is 4.74 Å². The Hall–Kier alpha value is -0.860. The predicted molar refractivity (Wildman–Crippen MR) is 57.2 cm³/mol. The molecule has 1 fully saturated rings. The van der Waals surface area contributed by atoms with Crippen LogP contribution in [0.25, 0.3) is 0 Å². The average Bonchev–Trinajstić information content (AvgIpc) is 2.72. The molecule has 0 aliphatic carbocycles. The standard InChI is InChI=1S/C12H17NO/c1-10(11-5-3-2-4-6-11)13-12-7-8-14-9-12/h2-6,10,12-13H,7-9H2,1H3/t10-,12?/m0/s1. The van der Waals surface area contributed by atoms with Crippen LogP contribution >= 0.6 is 0 Å². The van der Waals surface area contributed by atoms with Crippen molar-refractivity contribution in [3.05, 3.63) is 35.9 Å². The SMILES string of the molecule is C[C@H](NC1CCOC1)c1ccccc1. The van der Waals surface area contributed by atoms with Crippen molar-refractivity contribution >= 4 is 0 Å². The molecule has 0 spiro atoms. The highest BCUT2D eigenvalue weighted by molar-refractivity contribution is 5.18. The van der Waals surface area contributed by atoms with Crippen molar-refractivity contribution in [2.75, 3.05) is 13.2 Å². The second kappa shape index (κ2) is 4.58. The first-order chi connectivity index (χ1) is 6.86. The molecule has 2 atom stereocenters. The highest BCUT2D eigenvalue weighted by Crippen LogP contribution is 2.14. The zero-order valence-electron chi connectivity index (χ0n) is 8.57. The maximum Gasteiger partial charge on any atom is 0.0620 e. The van der Waals surface area contributed by atoms with Crippen molar-refractivity contribution in [3.8, 4) is 0 Å². The van der Waals surface area contributed by atoms with Crippen LogP contribution in [0.2, 0.25) is 0 Å². The van der Waals surface area contributed by atoms with Crippen LogP contribution in [-0.4, -0.2) is 19.3 Å². The Balaban J connectivity index is 1.92.